The third kappa shape index (κ3) is 2.85. The first kappa shape index (κ1) is 18.3. The molecule has 1 atom stereocenters. The number of para-hydroxylation sites is 1. The van der Waals surface area contributed by atoms with E-state index < -0.39 is 17.3 Å². The monoisotopic (exact) mass is 392 g/mol. The Morgan fingerprint density at radius 1 is 1.10 bits per heavy atom. The van der Waals surface area contributed by atoms with E-state index in [1.807, 2.05) is 18.2 Å². The van der Waals surface area contributed by atoms with Crippen LogP contribution in [0, 0.1) is 23.7 Å². The van der Waals surface area contributed by atoms with Crippen molar-refractivity contribution in [3.63, 3.8) is 0 Å². The number of aliphatic imine (C=N–C) groups is 1. The molecular weight excluding hydrogens is 368 g/mol. The van der Waals surface area contributed by atoms with Crippen LogP contribution < -0.4 is 0 Å². The van der Waals surface area contributed by atoms with E-state index in [0.717, 1.165) is 43.0 Å². The van der Waals surface area contributed by atoms with Crippen LogP contribution in [0.1, 0.15) is 49.4 Å². The molecule has 1 heterocycles. The smallest absolute Gasteiger partial charge is 0.343 e. The average molecular weight is 392 g/mol. The van der Waals surface area contributed by atoms with Gasteiger partial charge < -0.3 is 9.72 Å². The number of Topliss-reactive ketones (excluding diaryl/α,β-unsaturated/α-hetero) is 1. The van der Waals surface area contributed by atoms with Crippen LogP contribution >= 0.6 is 0 Å². The normalized spacial score (nSPS) is 31.8. The van der Waals surface area contributed by atoms with Crippen LogP contribution in [-0.4, -0.2) is 34.5 Å². The number of benzene rings is 1. The van der Waals surface area contributed by atoms with Gasteiger partial charge in [0.25, 0.3) is 0 Å². The number of aromatic nitrogens is 1. The van der Waals surface area contributed by atoms with Gasteiger partial charge in [-0.15, -0.1) is 0 Å². The summed E-state index contributed by atoms with van der Waals surface area (Å²) >= 11 is 0. The molecule has 0 aliphatic heterocycles. The number of hydrogen-bond donors (Lipinski definition) is 1. The zero-order chi connectivity index (χ0) is 20.2. The van der Waals surface area contributed by atoms with E-state index in [1.54, 1.807) is 12.3 Å². The first-order chi connectivity index (χ1) is 14.0. The molecule has 1 aromatic carbocycles. The Morgan fingerprint density at radius 2 is 1.76 bits per heavy atom. The SMILES string of the molecule is C[C@@](N=C=O)(C(=O)OC1C2CC3CC(C2)CC1C3)C(=O)c1c[nH]c2ccccc12. The first-order valence-corrected chi connectivity index (χ1v) is 10.4. The topological polar surface area (TPSA) is 88.6 Å². The Balaban J connectivity index is 1.43. The number of H-pyrrole nitrogens is 1. The molecule has 6 nitrogen and oxygen atoms in total. The van der Waals surface area contributed by atoms with Crippen molar-refractivity contribution in [1.29, 1.82) is 0 Å². The van der Waals surface area contributed by atoms with E-state index in [1.165, 1.54) is 19.4 Å². The maximum Gasteiger partial charge on any atom is 0.343 e. The number of ketones is 1. The molecule has 4 fully saturated rings. The van der Waals surface area contributed by atoms with E-state index in [9.17, 15) is 14.4 Å². The number of hydrogen-bond acceptors (Lipinski definition) is 5. The molecule has 6 rings (SSSR count). The summed E-state index contributed by atoms with van der Waals surface area (Å²) in [4.78, 5) is 44.4. The molecule has 2 aromatic rings. The maximum atomic E-state index is 13.3. The summed E-state index contributed by atoms with van der Waals surface area (Å²) in [7, 11) is 0. The number of aromatic amines is 1. The lowest BCUT2D eigenvalue weighted by atomic mass is 9.55. The van der Waals surface area contributed by atoms with Crippen molar-refractivity contribution in [3.05, 3.63) is 36.0 Å². The number of fused-ring (bicyclic) bond motifs is 1. The number of nitrogens with zero attached hydrogens (tertiary/aromatic N) is 1. The predicted octanol–water partition coefficient (Wildman–Crippen LogP) is 3.81. The lowest BCUT2D eigenvalue weighted by molar-refractivity contribution is -0.174. The molecule has 1 N–H and O–H groups in total. The summed E-state index contributed by atoms with van der Waals surface area (Å²) in [6.45, 7) is 1.36. The highest BCUT2D eigenvalue weighted by Gasteiger charge is 2.52. The zero-order valence-electron chi connectivity index (χ0n) is 16.4. The van der Waals surface area contributed by atoms with Gasteiger partial charge in [-0.25, -0.2) is 9.59 Å². The van der Waals surface area contributed by atoms with Gasteiger partial charge in [0.1, 0.15) is 6.10 Å². The molecule has 0 spiro atoms. The number of carbonyl (C=O) groups is 2. The zero-order valence-corrected chi connectivity index (χ0v) is 16.4. The van der Waals surface area contributed by atoms with Crippen molar-refractivity contribution in [1.82, 2.24) is 4.98 Å². The summed E-state index contributed by atoms with van der Waals surface area (Å²) in [5.41, 5.74) is -0.826. The Bertz CT molecular complexity index is 1010. The van der Waals surface area contributed by atoms with Crippen molar-refractivity contribution in [2.45, 2.75) is 50.7 Å². The summed E-state index contributed by atoms with van der Waals surface area (Å²) in [6, 6.07) is 7.32. The third-order valence-corrected chi connectivity index (χ3v) is 7.33. The molecule has 4 aliphatic carbocycles. The standard InChI is InChI=1S/C23H24N2O4/c1-23(25-12-26,21(27)18-11-24-19-5-3-2-4-17(18)19)22(28)29-20-15-7-13-6-14(9-15)10-16(20)8-13/h2-5,11,13-16,20,24H,6-10H2,1H3/t13?,14?,15?,16?,20?,23-/m0/s1. The minimum atomic E-state index is -1.93. The number of rotatable bonds is 5. The van der Waals surface area contributed by atoms with Crippen LogP contribution in [0.4, 0.5) is 0 Å². The Kier molecular flexibility index (Phi) is 4.21. The van der Waals surface area contributed by atoms with E-state index >= 15 is 0 Å². The second-order valence-electron chi connectivity index (χ2n) is 9.15. The maximum absolute atomic E-state index is 13.3. The Labute approximate surface area is 168 Å². The summed E-state index contributed by atoms with van der Waals surface area (Å²) in [6.07, 6.45) is 8.48. The van der Waals surface area contributed by atoms with E-state index in [-0.39, 0.29) is 6.10 Å². The lowest BCUT2D eigenvalue weighted by Crippen LogP contribution is -2.53. The molecule has 0 saturated heterocycles. The van der Waals surface area contributed by atoms with Crippen molar-refractivity contribution >= 4 is 28.7 Å². The van der Waals surface area contributed by atoms with Gasteiger partial charge in [0, 0.05) is 22.7 Å². The third-order valence-electron chi connectivity index (χ3n) is 7.33. The highest BCUT2D eigenvalue weighted by molar-refractivity contribution is 6.21. The van der Waals surface area contributed by atoms with Gasteiger partial charge in [-0.3, -0.25) is 4.79 Å². The molecule has 150 valence electrons. The first-order valence-electron chi connectivity index (χ1n) is 10.4. The number of carbonyl (C=O) groups excluding carboxylic acids is 3. The minimum absolute atomic E-state index is 0.174. The fourth-order valence-electron chi connectivity index (χ4n) is 6.11. The molecule has 4 bridgehead atoms. The van der Waals surface area contributed by atoms with Crippen LogP contribution in [0.3, 0.4) is 0 Å². The van der Waals surface area contributed by atoms with Crippen molar-refractivity contribution < 1.29 is 19.1 Å². The number of ether oxygens (including phenoxy) is 1. The molecule has 0 radical (unpaired) electrons. The fraction of sp³-hybridized carbons (Fsp3) is 0.522. The van der Waals surface area contributed by atoms with Gasteiger partial charge in [-0.05, 0) is 68.8 Å². The van der Waals surface area contributed by atoms with Crippen LogP contribution in [0.15, 0.2) is 35.5 Å². The van der Waals surface area contributed by atoms with E-state index in [2.05, 4.69) is 9.98 Å². The van der Waals surface area contributed by atoms with Gasteiger partial charge in [0.2, 0.25) is 17.4 Å². The quantitative estimate of drug-likeness (QED) is 0.275. The number of isocyanates is 1. The van der Waals surface area contributed by atoms with Crippen molar-refractivity contribution in [3.8, 4) is 0 Å². The fourth-order valence-corrected chi connectivity index (χ4v) is 6.11. The van der Waals surface area contributed by atoms with Gasteiger partial charge in [0.05, 0.1) is 0 Å². The molecule has 4 saturated carbocycles. The minimum Gasteiger partial charge on any atom is -0.460 e. The highest BCUT2D eigenvalue weighted by atomic mass is 16.5. The second-order valence-corrected chi connectivity index (χ2v) is 9.15. The van der Waals surface area contributed by atoms with Gasteiger partial charge in [-0.1, -0.05) is 18.2 Å². The van der Waals surface area contributed by atoms with Gasteiger partial charge in [-0.2, -0.15) is 4.99 Å². The van der Waals surface area contributed by atoms with Crippen molar-refractivity contribution in [2.75, 3.05) is 0 Å². The molecule has 0 unspecified atom stereocenters. The molecule has 4 aliphatic rings. The number of esters is 1. The summed E-state index contributed by atoms with van der Waals surface area (Å²) < 4.78 is 5.93. The van der Waals surface area contributed by atoms with Gasteiger partial charge in [0.15, 0.2) is 0 Å². The summed E-state index contributed by atoms with van der Waals surface area (Å²) in [5, 5.41) is 0.687. The Morgan fingerprint density at radius 3 is 2.41 bits per heavy atom. The van der Waals surface area contributed by atoms with E-state index in [4.69, 9.17) is 4.74 Å². The van der Waals surface area contributed by atoms with Crippen molar-refractivity contribution in [2.24, 2.45) is 28.7 Å². The molecule has 29 heavy (non-hydrogen) atoms. The molecule has 6 heteroatoms. The molecular formula is C23H24N2O4. The summed E-state index contributed by atoms with van der Waals surface area (Å²) in [5.74, 6) is 0.936. The largest absolute Gasteiger partial charge is 0.460 e. The highest BCUT2D eigenvalue weighted by Crippen LogP contribution is 2.54. The van der Waals surface area contributed by atoms with Gasteiger partial charge >= 0.3 is 5.97 Å². The van der Waals surface area contributed by atoms with Crippen LogP contribution in [0.25, 0.3) is 10.9 Å². The number of nitrogens with one attached hydrogen (secondary N) is 1. The lowest BCUT2D eigenvalue weighted by Gasteiger charge is -2.53. The Hall–Kier alpha value is -2.72. The molecule has 0 amide bonds. The predicted molar refractivity (Wildman–Crippen MR) is 106 cm³/mol. The molecule has 1 aromatic heterocycles. The van der Waals surface area contributed by atoms with Crippen LogP contribution in [0.2, 0.25) is 0 Å². The van der Waals surface area contributed by atoms with Crippen LogP contribution in [-0.2, 0) is 14.3 Å². The van der Waals surface area contributed by atoms with Crippen LogP contribution in [0.5, 0.6) is 0 Å². The average Bonchev–Trinajstić information content (AvgIpc) is 3.13. The second kappa shape index (κ2) is 6.67. The van der Waals surface area contributed by atoms with E-state index in [0.29, 0.717) is 22.8 Å².